The monoisotopic (exact) mass is 378 g/mol. The molecule has 6 nitrogen and oxygen atoms in total. The largest absolute Gasteiger partial charge is 0.485 e. The Balaban J connectivity index is 1.57. The van der Waals surface area contributed by atoms with E-state index in [1.165, 1.54) is 7.11 Å². The van der Waals surface area contributed by atoms with Crippen molar-refractivity contribution in [1.82, 2.24) is 0 Å². The molecule has 0 saturated carbocycles. The number of esters is 1. The van der Waals surface area contributed by atoms with E-state index in [1.807, 2.05) is 37.3 Å². The summed E-state index contributed by atoms with van der Waals surface area (Å²) in [7, 11) is 1.29. The van der Waals surface area contributed by atoms with Crippen LogP contribution in [0.5, 0.6) is 17.2 Å². The third kappa shape index (κ3) is 3.36. The maximum atomic E-state index is 12.7. The second kappa shape index (κ2) is 7.23. The number of rotatable bonds is 4. The first-order valence-electron chi connectivity index (χ1n) is 8.80. The van der Waals surface area contributed by atoms with Gasteiger partial charge < -0.3 is 18.9 Å². The summed E-state index contributed by atoms with van der Waals surface area (Å²) in [4.78, 5) is 23.9. The molecule has 0 aromatic heterocycles. The zero-order valence-electron chi connectivity index (χ0n) is 15.4. The number of carbonyl (C=O) groups excluding carboxylic acids is 2. The molecule has 2 heterocycles. The molecule has 28 heavy (non-hydrogen) atoms. The number of hydrogen-bond donors (Lipinski definition) is 0. The van der Waals surface area contributed by atoms with Gasteiger partial charge in [0.15, 0.2) is 12.4 Å². The van der Waals surface area contributed by atoms with Crippen LogP contribution >= 0.6 is 0 Å². The van der Waals surface area contributed by atoms with Crippen molar-refractivity contribution in [2.24, 2.45) is 0 Å². The number of benzene rings is 2. The molecule has 2 aromatic carbocycles. The smallest absolute Gasteiger partial charge is 0.343 e. The summed E-state index contributed by atoms with van der Waals surface area (Å²) in [5, 5.41) is 0. The van der Waals surface area contributed by atoms with Gasteiger partial charge in [0.1, 0.15) is 23.4 Å². The highest BCUT2D eigenvalue weighted by Gasteiger charge is 2.29. The molecule has 4 rings (SSSR count). The molecule has 0 unspecified atom stereocenters. The van der Waals surface area contributed by atoms with Gasteiger partial charge in [0.2, 0.25) is 5.78 Å². The van der Waals surface area contributed by atoms with E-state index in [9.17, 15) is 9.59 Å². The summed E-state index contributed by atoms with van der Waals surface area (Å²) >= 11 is 0. The van der Waals surface area contributed by atoms with Crippen molar-refractivity contribution in [3.63, 3.8) is 0 Å². The lowest BCUT2D eigenvalue weighted by atomic mass is 10.0. The lowest BCUT2D eigenvalue weighted by Gasteiger charge is -2.22. The van der Waals surface area contributed by atoms with Crippen LogP contribution in [0.25, 0.3) is 6.08 Å². The molecule has 2 aliphatic rings. The van der Waals surface area contributed by atoms with Gasteiger partial charge >= 0.3 is 5.97 Å². The Labute approximate surface area is 162 Å². The fourth-order valence-corrected chi connectivity index (χ4v) is 3.03. The number of para-hydroxylation sites is 1. The van der Waals surface area contributed by atoms with Crippen molar-refractivity contribution in [3.05, 3.63) is 71.0 Å². The summed E-state index contributed by atoms with van der Waals surface area (Å²) in [5.41, 5.74) is 2.24. The van der Waals surface area contributed by atoms with Crippen molar-refractivity contribution >= 4 is 17.8 Å². The molecule has 0 N–H and O–H groups in total. The van der Waals surface area contributed by atoms with Crippen LogP contribution in [-0.2, 0) is 9.53 Å². The van der Waals surface area contributed by atoms with Crippen LogP contribution in [0, 0.1) is 0 Å². The van der Waals surface area contributed by atoms with Crippen molar-refractivity contribution in [3.8, 4) is 17.2 Å². The normalized spacial score (nSPS) is 18.5. The third-order valence-electron chi connectivity index (χ3n) is 4.54. The second-order valence-corrected chi connectivity index (χ2v) is 6.40. The van der Waals surface area contributed by atoms with Crippen molar-refractivity contribution in [1.29, 1.82) is 0 Å². The number of allylic oxidation sites excluding steroid dienone is 1. The molecule has 0 bridgehead atoms. The zero-order valence-corrected chi connectivity index (χ0v) is 15.4. The quantitative estimate of drug-likeness (QED) is 0.598. The van der Waals surface area contributed by atoms with E-state index in [1.54, 1.807) is 24.3 Å². The van der Waals surface area contributed by atoms with E-state index in [4.69, 9.17) is 14.2 Å². The minimum Gasteiger partial charge on any atom is -0.485 e. The van der Waals surface area contributed by atoms with Gasteiger partial charge in [0.05, 0.1) is 12.7 Å². The third-order valence-corrected chi connectivity index (χ3v) is 4.54. The van der Waals surface area contributed by atoms with Gasteiger partial charge in [-0.2, -0.15) is 0 Å². The minimum absolute atomic E-state index is 0.207. The standard InChI is InChI=1S/C22H18O6/c1-13-15(9-14-5-3-4-6-18(14)27-13)10-20-22(24)17-8-7-16(11-19(17)28-20)26-12-21(23)25-2/h3-11,13H,12H2,1-2H3/b20-10-/t13-/m0/s1. The fraction of sp³-hybridized carbons (Fsp3) is 0.182. The molecule has 2 aliphatic heterocycles. The van der Waals surface area contributed by atoms with Gasteiger partial charge in [0.25, 0.3) is 0 Å². The van der Waals surface area contributed by atoms with Crippen LogP contribution in [0.2, 0.25) is 0 Å². The molecule has 0 amide bonds. The molecule has 0 saturated heterocycles. The van der Waals surface area contributed by atoms with Gasteiger partial charge in [-0.25, -0.2) is 4.79 Å². The Morgan fingerprint density at radius 3 is 2.82 bits per heavy atom. The van der Waals surface area contributed by atoms with E-state index in [0.29, 0.717) is 17.1 Å². The highest BCUT2D eigenvalue weighted by Crippen LogP contribution is 2.36. The van der Waals surface area contributed by atoms with E-state index in [0.717, 1.165) is 16.9 Å². The Morgan fingerprint density at radius 1 is 1.18 bits per heavy atom. The summed E-state index contributed by atoms with van der Waals surface area (Å²) in [6, 6.07) is 12.5. The Kier molecular flexibility index (Phi) is 4.61. The van der Waals surface area contributed by atoms with Crippen molar-refractivity contribution < 1.29 is 28.5 Å². The molecule has 0 radical (unpaired) electrons. The number of methoxy groups -OCH3 is 1. The summed E-state index contributed by atoms with van der Waals surface area (Å²) in [6.07, 6.45) is 3.49. The molecule has 0 aliphatic carbocycles. The molecule has 0 fully saturated rings. The average molecular weight is 378 g/mol. The number of hydrogen-bond acceptors (Lipinski definition) is 6. The number of carbonyl (C=O) groups is 2. The number of Topliss-reactive ketones (excluding diaryl/α,β-unsaturated/α-hetero) is 1. The van der Waals surface area contributed by atoms with E-state index in [2.05, 4.69) is 4.74 Å². The van der Waals surface area contributed by atoms with Gasteiger partial charge in [-0.3, -0.25) is 4.79 Å². The highest BCUT2D eigenvalue weighted by atomic mass is 16.6. The molecule has 2 aromatic rings. The van der Waals surface area contributed by atoms with Crippen LogP contribution in [-0.4, -0.2) is 31.6 Å². The van der Waals surface area contributed by atoms with Gasteiger partial charge in [-0.05, 0) is 42.8 Å². The molecule has 6 heteroatoms. The van der Waals surface area contributed by atoms with E-state index in [-0.39, 0.29) is 24.3 Å². The summed E-state index contributed by atoms with van der Waals surface area (Å²) in [5.74, 6) is 1.15. The molecular formula is C22H18O6. The minimum atomic E-state index is -0.489. The van der Waals surface area contributed by atoms with E-state index < -0.39 is 5.97 Å². The van der Waals surface area contributed by atoms with Crippen molar-refractivity contribution in [2.45, 2.75) is 13.0 Å². The second-order valence-electron chi connectivity index (χ2n) is 6.40. The molecule has 0 spiro atoms. The van der Waals surface area contributed by atoms with Crippen LogP contribution in [0.1, 0.15) is 22.8 Å². The highest BCUT2D eigenvalue weighted by molar-refractivity contribution is 6.12. The Hall–Kier alpha value is -3.54. The first-order valence-corrected chi connectivity index (χ1v) is 8.80. The topological polar surface area (TPSA) is 71.1 Å². The lowest BCUT2D eigenvalue weighted by Crippen LogP contribution is -2.18. The SMILES string of the molecule is COC(=O)COc1ccc2c(c1)O/C(=C\C1=Cc3ccccc3O[C@H]1C)C2=O. The van der Waals surface area contributed by atoms with Gasteiger partial charge in [-0.1, -0.05) is 18.2 Å². The van der Waals surface area contributed by atoms with Crippen LogP contribution in [0.3, 0.4) is 0 Å². The summed E-state index contributed by atoms with van der Waals surface area (Å²) in [6.45, 7) is 1.71. The van der Waals surface area contributed by atoms with Crippen LogP contribution < -0.4 is 14.2 Å². The van der Waals surface area contributed by atoms with Crippen molar-refractivity contribution in [2.75, 3.05) is 13.7 Å². The summed E-state index contributed by atoms with van der Waals surface area (Å²) < 4.78 is 21.5. The van der Waals surface area contributed by atoms with E-state index >= 15 is 0 Å². The predicted octanol–water partition coefficient (Wildman–Crippen LogP) is 3.56. The van der Waals surface area contributed by atoms with Crippen LogP contribution in [0.15, 0.2) is 59.9 Å². The Bertz CT molecular complexity index is 1020. The van der Waals surface area contributed by atoms with Gasteiger partial charge in [-0.15, -0.1) is 0 Å². The molecule has 142 valence electrons. The average Bonchev–Trinajstić information content (AvgIpc) is 3.01. The molecule has 1 atom stereocenters. The lowest BCUT2D eigenvalue weighted by molar-refractivity contribution is -0.142. The zero-order chi connectivity index (χ0) is 19.7. The number of ketones is 1. The maximum Gasteiger partial charge on any atom is 0.343 e. The first-order chi connectivity index (χ1) is 13.5. The number of ether oxygens (including phenoxy) is 4. The van der Waals surface area contributed by atoms with Crippen LogP contribution in [0.4, 0.5) is 0 Å². The van der Waals surface area contributed by atoms with Gasteiger partial charge in [0, 0.05) is 11.6 Å². The Morgan fingerprint density at radius 2 is 2.00 bits per heavy atom. The first kappa shape index (κ1) is 17.9. The maximum absolute atomic E-state index is 12.7. The molecular weight excluding hydrogens is 360 g/mol. The predicted molar refractivity (Wildman–Crippen MR) is 102 cm³/mol. The number of fused-ring (bicyclic) bond motifs is 2. The fourth-order valence-electron chi connectivity index (χ4n) is 3.03.